The van der Waals surface area contributed by atoms with E-state index in [1.54, 1.807) is 20.8 Å². The quantitative estimate of drug-likeness (QED) is 0.586. The number of epoxide rings is 1. The van der Waals surface area contributed by atoms with Crippen molar-refractivity contribution in [1.82, 2.24) is 5.32 Å². The first kappa shape index (κ1) is 13.8. The summed E-state index contributed by atoms with van der Waals surface area (Å²) >= 11 is 0. The van der Waals surface area contributed by atoms with Gasteiger partial charge in [-0.25, -0.2) is 9.59 Å². The molecule has 0 bridgehead atoms. The van der Waals surface area contributed by atoms with E-state index in [4.69, 9.17) is 9.47 Å². The van der Waals surface area contributed by atoms with Crippen molar-refractivity contribution in [3.05, 3.63) is 0 Å². The fraction of sp³-hybridized carbons (Fsp3) is 0.818. The molecule has 1 saturated heterocycles. The lowest BCUT2D eigenvalue weighted by Gasteiger charge is -2.22. The van der Waals surface area contributed by atoms with Gasteiger partial charge in [0.25, 0.3) is 0 Å². The molecule has 98 valence electrons. The summed E-state index contributed by atoms with van der Waals surface area (Å²) < 4.78 is 14.7. The first-order valence-corrected chi connectivity index (χ1v) is 5.51. The Hall–Kier alpha value is -1.30. The van der Waals surface area contributed by atoms with Crippen molar-refractivity contribution < 1.29 is 23.8 Å². The second kappa shape index (κ2) is 5.35. The summed E-state index contributed by atoms with van der Waals surface area (Å²) in [7, 11) is 1.28. The van der Waals surface area contributed by atoms with Gasteiger partial charge in [-0.05, 0) is 20.8 Å². The summed E-state index contributed by atoms with van der Waals surface area (Å²) in [6.45, 7) is 5.88. The zero-order chi connectivity index (χ0) is 13.1. The Kier molecular flexibility index (Phi) is 4.34. The van der Waals surface area contributed by atoms with Crippen LogP contribution in [0.15, 0.2) is 0 Å². The fourth-order valence-electron chi connectivity index (χ4n) is 1.27. The van der Waals surface area contributed by atoms with Gasteiger partial charge < -0.3 is 19.5 Å². The van der Waals surface area contributed by atoms with Crippen molar-refractivity contribution >= 4 is 12.1 Å². The number of hydrogen-bond acceptors (Lipinski definition) is 5. The van der Waals surface area contributed by atoms with E-state index in [1.165, 1.54) is 7.11 Å². The molecule has 0 radical (unpaired) electrons. The van der Waals surface area contributed by atoms with Gasteiger partial charge in [0.15, 0.2) is 0 Å². The van der Waals surface area contributed by atoms with E-state index in [0.717, 1.165) is 0 Å². The van der Waals surface area contributed by atoms with Crippen molar-refractivity contribution in [1.29, 1.82) is 0 Å². The number of ether oxygens (including phenoxy) is 3. The van der Waals surface area contributed by atoms with E-state index in [2.05, 4.69) is 10.1 Å². The van der Waals surface area contributed by atoms with Crippen LogP contribution in [0.1, 0.15) is 27.2 Å². The molecule has 0 spiro atoms. The highest BCUT2D eigenvalue weighted by Crippen LogP contribution is 2.17. The number of alkyl carbamates (subject to hydrolysis) is 1. The Morgan fingerprint density at radius 1 is 1.47 bits per heavy atom. The maximum atomic E-state index is 11.5. The summed E-state index contributed by atoms with van der Waals surface area (Å²) in [4.78, 5) is 22.9. The second-order valence-corrected chi connectivity index (χ2v) is 4.91. The molecule has 0 aliphatic carbocycles. The minimum atomic E-state index is -0.720. The lowest BCUT2D eigenvalue weighted by molar-refractivity contribution is -0.143. The van der Waals surface area contributed by atoms with Crippen LogP contribution < -0.4 is 5.32 Å². The Balaban J connectivity index is 2.46. The van der Waals surface area contributed by atoms with E-state index in [1.807, 2.05) is 0 Å². The summed E-state index contributed by atoms with van der Waals surface area (Å²) in [5.74, 6) is -0.494. The minimum Gasteiger partial charge on any atom is -0.467 e. The van der Waals surface area contributed by atoms with Gasteiger partial charge in [0, 0.05) is 6.42 Å². The number of carbonyl (C=O) groups is 2. The molecule has 0 aromatic heterocycles. The van der Waals surface area contributed by atoms with Gasteiger partial charge in [0.05, 0.1) is 19.8 Å². The van der Waals surface area contributed by atoms with Crippen molar-refractivity contribution in [2.75, 3.05) is 13.7 Å². The zero-order valence-corrected chi connectivity index (χ0v) is 10.6. The summed E-state index contributed by atoms with van der Waals surface area (Å²) in [6.07, 6.45) is -0.200. The van der Waals surface area contributed by atoms with Gasteiger partial charge >= 0.3 is 12.1 Å². The van der Waals surface area contributed by atoms with Gasteiger partial charge in [-0.2, -0.15) is 0 Å². The van der Waals surface area contributed by atoms with Crippen LogP contribution in [0.4, 0.5) is 4.79 Å². The Bertz CT molecular complexity index is 293. The predicted molar refractivity (Wildman–Crippen MR) is 59.5 cm³/mol. The molecule has 1 N–H and O–H groups in total. The van der Waals surface area contributed by atoms with Crippen LogP contribution in [0, 0.1) is 0 Å². The largest absolute Gasteiger partial charge is 0.467 e. The van der Waals surface area contributed by atoms with Crippen molar-refractivity contribution in [2.45, 2.75) is 44.9 Å². The van der Waals surface area contributed by atoms with Crippen LogP contribution in [0.5, 0.6) is 0 Å². The molecule has 1 rings (SSSR count). The van der Waals surface area contributed by atoms with Gasteiger partial charge in [-0.15, -0.1) is 0 Å². The fourth-order valence-corrected chi connectivity index (χ4v) is 1.27. The molecule has 1 aliphatic rings. The van der Waals surface area contributed by atoms with Gasteiger partial charge in [-0.1, -0.05) is 0 Å². The molecule has 6 nitrogen and oxygen atoms in total. The van der Waals surface area contributed by atoms with Crippen molar-refractivity contribution in [3.63, 3.8) is 0 Å². The van der Waals surface area contributed by atoms with E-state index >= 15 is 0 Å². The van der Waals surface area contributed by atoms with Crippen LogP contribution in [0.2, 0.25) is 0 Å². The maximum Gasteiger partial charge on any atom is 0.408 e. The third kappa shape index (κ3) is 5.53. The smallest absolute Gasteiger partial charge is 0.408 e. The minimum absolute atomic E-state index is 0.0223. The highest BCUT2D eigenvalue weighted by atomic mass is 16.6. The molecule has 1 aliphatic heterocycles. The third-order valence-corrected chi connectivity index (χ3v) is 2.08. The van der Waals surface area contributed by atoms with Crippen molar-refractivity contribution in [2.24, 2.45) is 0 Å². The van der Waals surface area contributed by atoms with Crippen LogP contribution in [0.3, 0.4) is 0 Å². The normalized spacial score (nSPS) is 20.4. The zero-order valence-electron chi connectivity index (χ0n) is 10.6. The molecule has 2 atom stereocenters. The van der Waals surface area contributed by atoms with Crippen LogP contribution in [0.25, 0.3) is 0 Å². The molecular weight excluding hydrogens is 226 g/mol. The van der Waals surface area contributed by atoms with E-state index in [-0.39, 0.29) is 6.10 Å². The van der Waals surface area contributed by atoms with Crippen molar-refractivity contribution in [3.8, 4) is 0 Å². The molecule has 1 heterocycles. The molecule has 0 unspecified atom stereocenters. The molecule has 1 fully saturated rings. The number of esters is 1. The van der Waals surface area contributed by atoms with Crippen LogP contribution >= 0.6 is 0 Å². The highest BCUT2D eigenvalue weighted by molar-refractivity contribution is 5.81. The number of rotatable bonds is 4. The average Bonchev–Trinajstić information content (AvgIpc) is 2.96. The summed E-state index contributed by atoms with van der Waals surface area (Å²) in [6, 6.07) is -0.720. The first-order chi connectivity index (χ1) is 7.81. The molecular formula is C11H19NO5. The summed E-state index contributed by atoms with van der Waals surface area (Å²) in [5.41, 5.74) is -0.596. The van der Waals surface area contributed by atoms with Gasteiger partial charge in [0.2, 0.25) is 0 Å². The maximum absolute atomic E-state index is 11.5. The van der Waals surface area contributed by atoms with Crippen LogP contribution in [-0.4, -0.2) is 43.5 Å². The number of hydrogen-bond donors (Lipinski definition) is 1. The highest BCUT2D eigenvalue weighted by Gasteiger charge is 2.33. The lowest BCUT2D eigenvalue weighted by Crippen LogP contribution is -2.44. The number of methoxy groups -OCH3 is 1. The molecule has 0 aromatic carbocycles. The Labute approximate surface area is 101 Å². The van der Waals surface area contributed by atoms with Gasteiger partial charge in [0.1, 0.15) is 11.6 Å². The van der Waals surface area contributed by atoms with Crippen LogP contribution in [-0.2, 0) is 19.0 Å². The Morgan fingerprint density at radius 2 is 2.06 bits per heavy atom. The number of nitrogens with one attached hydrogen (secondary N) is 1. The second-order valence-electron chi connectivity index (χ2n) is 4.91. The SMILES string of the molecule is COC(=O)[C@H](C[C@H]1CO1)NC(=O)OC(C)(C)C. The van der Waals surface area contributed by atoms with E-state index in [9.17, 15) is 9.59 Å². The monoisotopic (exact) mass is 245 g/mol. The summed E-state index contributed by atoms with van der Waals surface area (Å²) in [5, 5.41) is 2.48. The molecule has 0 saturated carbocycles. The predicted octanol–water partition coefficient (Wildman–Crippen LogP) is 0.842. The van der Waals surface area contributed by atoms with E-state index < -0.39 is 23.7 Å². The van der Waals surface area contributed by atoms with Gasteiger partial charge in [-0.3, -0.25) is 0 Å². The number of amides is 1. The topological polar surface area (TPSA) is 77.2 Å². The molecule has 1 amide bonds. The number of carbonyl (C=O) groups excluding carboxylic acids is 2. The van der Waals surface area contributed by atoms with E-state index in [0.29, 0.717) is 13.0 Å². The molecule has 0 aromatic rings. The lowest BCUT2D eigenvalue weighted by atomic mass is 10.1. The Morgan fingerprint density at radius 3 is 2.47 bits per heavy atom. The third-order valence-electron chi connectivity index (χ3n) is 2.08. The average molecular weight is 245 g/mol. The first-order valence-electron chi connectivity index (χ1n) is 5.51. The standard InChI is InChI=1S/C11H19NO5/c1-11(2,3)17-10(14)12-8(9(13)15-4)5-7-6-16-7/h7-8H,5-6H2,1-4H3,(H,12,14)/t7-,8-/m0/s1. The molecule has 17 heavy (non-hydrogen) atoms. The molecule has 6 heteroatoms.